The van der Waals surface area contributed by atoms with Gasteiger partial charge in [0, 0.05) is 12.6 Å². The van der Waals surface area contributed by atoms with Crippen molar-refractivity contribution < 1.29 is 13.2 Å². The van der Waals surface area contributed by atoms with Crippen LogP contribution in [0.2, 0.25) is 0 Å². The van der Waals surface area contributed by atoms with Crippen molar-refractivity contribution in [1.82, 2.24) is 9.62 Å². The lowest BCUT2D eigenvalue weighted by atomic mass is 9.97. The number of sulfonamides is 1. The molecule has 0 heterocycles. The lowest BCUT2D eigenvalue weighted by Crippen LogP contribution is -2.44. The summed E-state index contributed by atoms with van der Waals surface area (Å²) < 4.78 is 26.7. The van der Waals surface area contributed by atoms with Crippen molar-refractivity contribution in [1.29, 1.82) is 0 Å². The molecule has 1 fully saturated rings. The Morgan fingerprint density at radius 3 is 2.20 bits per heavy atom. The van der Waals surface area contributed by atoms with Crippen LogP contribution in [0.15, 0.2) is 29.2 Å². The van der Waals surface area contributed by atoms with E-state index in [0.29, 0.717) is 0 Å². The van der Waals surface area contributed by atoms with Crippen molar-refractivity contribution >= 4 is 15.9 Å². The van der Waals surface area contributed by atoms with Gasteiger partial charge in [-0.1, -0.05) is 56.7 Å². The van der Waals surface area contributed by atoms with Crippen LogP contribution < -0.4 is 5.32 Å². The molecule has 0 saturated heterocycles. The smallest absolute Gasteiger partial charge is 0.243 e. The van der Waals surface area contributed by atoms with Crippen molar-refractivity contribution in [3.63, 3.8) is 0 Å². The molecule has 2 rings (SSSR count). The van der Waals surface area contributed by atoms with Crippen LogP contribution in [0.3, 0.4) is 0 Å². The monoisotopic (exact) mass is 366 g/mol. The van der Waals surface area contributed by atoms with Crippen LogP contribution in [-0.2, 0) is 14.8 Å². The summed E-state index contributed by atoms with van der Waals surface area (Å²) in [5, 5.41) is 3.04. The minimum absolute atomic E-state index is 0.122. The Kier molecular flexibility index (Phi) is 7.44. The normalized spacial score (nSPS) is 17.1. The topological polar surface area (TPSA) is 66.5 Å². The number of hydrogen-bond acceptors (Lipinski definition) is 3. The second-order valence-electron chi connectivity index (χ2n) is 6.85. The van der Waals surface area contributed by atoms with Gasteiger partial charge in [-0.05, 0) is 31.9 Å². The van der Waals surface area contributed by atoms with E-state index in [1.807, 2.05) is 6.92 Å². The number of likely N-dealkylation sites (N-methyl/N-ethyl adjacent to an activating group) is 1. The fraction of sp³-hybridized carbons (Fsp3) is 0.632. The molecule has 0 aromatic heterocycles. The number of nitrogens with zero attached hydrogens (tertiary/aromatic N) is 1. The lowest BCUT2D eigenvalue weighted by Gasteiger charge is -2.24. The molecule has 5 nitrogen and oxygen atoms in total. The summed E-state index contributed by atoms with van der Waals surface area (Å²) in [5.74, 6) is -0.205. The summed E-state index contributed by atoms with van der Waals surface area (Å²) in [5.41, 5.74) is 1.00. The van der Waals surface area contributed by atoms with E-state index in [9.17, 15) is 13.2 Å². The van der Waals surface area contributed by atoms with Crippen LogP contribution in [0.5, 0.6) is 0 Å². The number of nitrogens with one attached hydrogen (secondary N) is 1. The van der Waals surface area contributed by atoms with Gasteiger partial charge in [0.15, 0.2) is 0 Å². The van der Waals surface area contributed by atoms with Crippen LogP contribution >= 0.6 is 0 Å². The Balaban J connectivity index is 1.99. The van der Waals surface area contributed by atoms with E-state index in [0.717, 1.165) is 31.2 Å². The van der Waals surface area contributed by atoms with Gasteiger partial charge in [-0.15, -0.1) is 0 Å². The van der Waals surface area contributed by atoms with E-state index >= 15 is 0 Å². The van der Waals surface area contributed by atoms with Crippen molar-refractivity contribution in [3.8, 4) is 0 Å². The van der Waals surface area contributed by atoms with Crippen LogP contribution in [0, 0.1) is 6.92 Å². The number of aryl methyl sites for hydroxylation is 1. The first-order chi connectivity index (χ1) is 11.9. The zero-order chi connectivity index (χ0) is 18.3. The van der Waals surface area contributed by atoms with Gasteiger partial charge in [-0.3, -0.25) is 4.79 Å². The number of rotatable bonds is 6. The minimum Gasteiger partial charge on any atom is -0.352 e. The molecule has 0 unspecified atom stereocenters. The van der Waals surface area contributed by atoms with E-state index in [4.69, 9.17) is 0 Å². The third kappa shape index (κ3) is 5.82. The first-order valence-corrected chi connectivity index (χ1v) is 10.7. The molecule has 140 valence electrons. The average Bonchev–Trinajstić information content (AvgIpc) is 2.55. The van der Waals surface area contributed by atoms with Crippen LogP contribution in [0.25, 0.3) is 0 Å². The summed E-state index contributed by atoms with van der Waals surface area (Å²) in [6.45, 7) is 3.82. The SMILES string of the molecule is CCN(CC(=O)NC1CCCCCCC1)S(=O)(=O)c1ccc(C)cc1. The largest absolute Gasteiger partial charge is 0.352 e. The van der Waals surface area contributed by atoms with Gasteiger partial charge >= 0.3 is 0 Å². The number of hydrogen-bond donors (Lipinski definition) is 1. The third-order valence-corrected chi connectivity index (χ3v) is 6.74. The second-order valence-corrected chi connectivity index (χ2v) is 8.79. The molecule has 1 saturated carbocycles. The highest BCUT2D eigenvalue weighted by atomic mass is 32.2. The third-order valence-electron chi connectivity index (χ3n) is 4.80. The molecule has 0 atom stereocenters. The van der Waals surface area contributed by atoms with Crippen molar-refractivity contribution in [3.05, 3.63) is 29.8 Å². The van der Waals surface area contributed by atoms with E-state index in [2.05, 4.69) is 5.32 Å². The molecule has 0 bridgehead atoms. The highest BCUT2D eigenvalue weighted by Crippen LogP contribution is 2.18. The fourth-order valence-electron chi connectivity index (χ4n) is 3.26. The fourth-order valence-corrected chi connectivity index (χ4v) is 4.67. The Labute approximate surface area is 151 Å². The Morgan fingerprint density at radius 2 is 1.64 bits per heavy atom. The van der Waals surface area contributed by atoms with E-state index in [1.54, 1.807) is 31.2 Å². The first kappa shape index (κ1) is 19.9. The summed E-state index contributed by atoms with van der Waals surface area (Å²) in [4.78, 5) is 12.6. The summed E-state index contributed by atoms with van der Waals surface area (Å²) in [6.07, 6.45) is 7.95. The first-order valence-electron chi connectivity index (χ1n) is 9.29. The second kappa shape index (κ2) is 9.34. The van der Waals surface area contributed by atoms with Gasteiger partial charge in [0.1, 0.15) is 0 Å². The van der Waals surface area contributed by atoms with Gasteiger partial charge < -0.3 is 5.32 Å². The van der Waals surface area contributed by atoms with Crippen LogP contribution in [0.1, 0.15) is 57.4 Å². The predicted molar refractivity (Wildman–Crippen MR) is 99.9 cm³/mol. The Bertz CT molecular complexity index is 648. The van der Waals surface area contributed by atoms with Gasteiger partial charge in [0.2, 0.25) is 15.9 Å². The van der Waals surface area contributed by atoms with Crippen molar-refractivity contribution in [2.45, 2.75) is 69.7 Å². The highest BCUT2D eigenvalue weighted by molar-refractivity contribution is 7.89. The Hall–Kier alpha value is -1.40. The molecule has 0 radical (unpaired) electrons. The molecule has 1 aliphatic rings. The summed E-state index contributed by atoms with van der Waals surface area (Å²) >= 11 is 0. The summed E-state index contributed by atoms with van der Waals surface area (Å²) in [7, 11) is -3.64. The maximum atomic E-state index is 12.7. The number of carbonyl (C=O) groups excluding carboxylic acids is 1. The molecule has 1 aliphatic carbocycles. The maximum Gasteiger partial charge on any atom is 0.243 e. The number of benzene rings is 1. The van der Waals surface area contributed by atoms with Crippen molar-refractivity contribution in [2.24, 2.45) is 0 Å². The molecule has 1 aromatic carbocycles. The standard InChI is InChI=1S/C19H30N2O3S/c1-3-21(25(23,24)18-13-11-16(2)12-14-18)15-19(22)20-17-9-7-5-4-6-8-10-17/h11-14,17H,3-10,15H2,1-2H3,(H,20,22). The van der Waals surface area contributed by atoms with Crippen molar-refractivity contribution in [2.75, 3.05) is 13.1 Å². The van der Waals surface area contributed by atoms with Crippen LogP contribution in [-0.4, -0.2) is 37.8 Å². The van der Waals surface area contributed by atoms with Gasteiger partial charge in [0.05, 0.1) is 11.4 Å². The lowest BCUT2D eigenvalue weighted by molar-refractivity contribution is -0.122. The molecule has 1 aromatic rings. The molecule has 25 heavy (non-hydrogen) atoms. The average molecular weight is 367 g/mol. The number of amides is 1. The van der Waals surface area contributed by atoms with Gasteiger partial charge in [0.25, 0.3) is 0 Å². The molecular formula is C19H30N2O3S. The quantitative estimate of drug-likeness (QED) is 0.840. The van der Waals surface area contributed by atoms with E-state index < -0.39 is 10.0 Å². The molecule has 6 heteroatoms. The minimum atomic E-state index is -3.64. The van der Waals surface area contributed by atoms with E-state index in [1.165, 1.54) is 23.6 Å². The highest BCUT2D eigenvalue weighted by Gasteiger charge is 2.26. The molecule has 1 N–H and O–H groups in total. The maximum absolute atomic E-state index is 12.7. The Morgan fingerprint density at radius 1 is 1.08 bits per heavy atom. The number of carbonyl (C=O) groups is 1. The summed E-state index contributed by atoms with van der Waals surface area (Å²) in [6, 6.07) is 6.92. The van der Waals surface area contributed by atoms with Crippen LogP contribution in [0.4, 0.5) is 0 Å². The predicted octanol–water partition coefficient (Wildman–Crippen LogP) is 3.23. The molecule has 0 aliphatic heterocycles. The van der Waals surface area contributed by atoms with Gasteiger partial charge in [-0.25, -0.2) is 8.42 Å². The van der Waals surface area contributed by atoms with Gasteiger partial charge in [-0.2, -0.15) is 4.31 Å². The van der Waals surface area contributed by atoms with E-state index in [-0.39, 0.29) is 29.9 Å². The molecule has 0 spiro atoms. The molecular weight excluding hydrogens is 336 g/mol. The zero-order valence-corrected chi connectivity index (χ0v) is 16.1. The molecule has 1 amide bonds. The zero-order valence-electron chi connectivity index (χ0n) is 15.3.